The van der Waals surface area contributed by atoms with Crippen LogP contribution in [0.25, 0.3) is 0 Å². The number of hydrogen-bond donors (Lipinski definition) is 0. The molecule has 0 N–H and O–H groups in total. The summed E-state index contributed by atoms with van der Waals surface area (Å²) in [5.74, 6) is 0. The summed E-state index contributed by atoms with van der Waals surface area (Å²) in [6.07, 6.45) is 0. The molecule has 0 aliphatic rings. The van der Waals surface area contributed by atoms with Crippen molar-refractivity contribution in [2.24, 2.45) is 0 Å². The van der Waals surface area contributed by atoms with Crippen molar-refractivity contribution < 1.29 is 9.13 Å². The Kier molecular flexibility index (Phi) is 7.93. The van der Waals surface area contributed by atoms with E-state index in [-0.39, 0.29) is 5.41 Å². The van der Waals surface area contributed by atoms with Gasteiger partial charge in [-0.25, -0.2) is 0 Å². The van der Waals surface area contributed by atoms with Gasteiger partial charge in [0.2, 0.25) is 0 Å². The molecule has 43 heavy (non-hydrogen) atoms. The standard InChI is InChI=1S/C39H34O2P2/c1-39(2,31-23-27-37(28-24-31)42(40,33-15-7-3-8-16-33)34-17-9-4-10-18-34)32-25-29-38(30-26-32)43(41,35-19-11-5-12-20-35)36-21-13-6-14-22-36/h3-30H,1-2H3. The molecule has 6 rings (SSSR count). The van der Waals surface area contributed by atoms with Crippen molar-refractivity contribution in [2.75, 3.05) is 0 Å². The summed E-state index contributed by atoms with van der Waals surface area (Å²) < 4.78 is 29.6. The Morgan fingerprint density at radius 1 is 0.326 bits per heavy atom. The molecule has 0 aromatic heterocycles. The van der Waals surface area contributed by atoms with Crippen molar-refractivity contribution >= 4 is 46.1 Å². The van der Waals surface area contributed by atoms with Gasteiger partial charge in [-0.2, -0.15) is 0 Å². The first-order valence-corrected chi connectivity index (χ1v) is 17.9. The van der Waals surface area contributed by atoms with Crippen LogP contribution in [0.5, 0.6) is 0 Å². The van der Waals surface area contributed by atoms with Gasteiger partial charge in [-0.15, -0.1) is 0 Å². The maximum absolute atomic E-state index is 14.8. The van der Waals surface area contributed by atoms with Crippen molar-refractivity contribution in [3.8, 4) is 0 Å². The third-order valence-corrected chi connectivity index (χ3v) is 14.5. The molecule has 6 aromatic rings. The van der Waals surface area contributed by atoms with E-state index in [0.29, 0.717) is 0 Å². The second-order valence-electron chi connectivity index (χ2n) is 11.3. The van der Waals surface area contributed by atoms with E-state index in [1.807, 2.05) is 146 Å². The van der Waals surface area contributed by atoms with Gasteiger partial charge in [0.25, 0.3) is 0 Å². The highest BCUT2D eigenvalue weighted by molar-refractivity contribution is 7.85. The minimum absolute atomic E-state index is 0.329. The predicted molar refractivity (Wildman–Crippen MR) is 184 cm³/mol. The highest BCUT2D eigenvalue weighted by Gasteiger charge is 2.32. The first kappa shape index (κ1) is 28.9. The summed E-state index contributed by atoms with van der Waals surface area (Å²) in [6, 6.07) is 55.5. The summed E-state index contributed by atoms with van der Waals surface area (Å²) in [4.78, 5) is 0. The molecule has 2 nitrogen and oxygen atoms in total. The molecule has 0 saturated heterocycles. The van der Waals surface area contributed by atoms with Crippen LogP contribution >= 0.6 is 14.3 Å². The van der Waals surface area contributed by atoms with E-state index in [1.54, 1.807) is 0 Å². The fourth-order valence-electron chi connectivity index (χ4n) is 5.79. The molecule has 0 aliphatic heterocycles. The minimum atomic E-state index is -3.04. The summed E-state index contributed by atoms with van der Waals surface area (Å²) in [5.41, 5.74) is 1.90. The Morgan fingerprint density at radius 3 is 0.767 bits per heavy atom. The molecule has 0 bridgehead atoms. The Labute approximate surface area is 254 Å². The van der Waals surface area contributed by atoms with Gasteiger partial charge < -0.3 is 9.13 Å². The molecule has 0 fully saturated rings. The van der Waals surface area contributed by atoms with Crippen LogP contribution in [0.1, 0.15) is 25.0 Å². The van der Waals surface area contributed by atoms with Crippen LogP contribution in [0.2, 0.25) is 0 Å². The number of rotatable bonds is 8. The Balaban J connectivity index is 1.36. The first-order chi connectivity index (χ1) is 20.8. The van der Waals surface area contributed by atoms with Crippen LogP contribution in [-0.4, -0.2) is 0 Å². The lowest BCUT2D eigenvalue weighted by Crippen LogP contribution is -2.27. The third kappa shape index (κ3) is 5.27. The fourth-order valence-corrected chi connectivity index (χ4v) is 11.1. The van der Waals surface area contributed by atoms with Gasteiger partial charge >= 0.3 is 0 Å². The number of hydrogen-bond acceptors (Lipinski definition) is 2. The molecule has 0 atom stereocenters. The number of benzene rings is 6. The quantitative estimate of drug-likeness (QED) is 0.173. The first-order valence-electron chi connectivity index (χ1n) is 14.5. The Hall–Kier alpha value is -4.22. The molecular weight excluding hydrogens is 562 g/mol. The monoisotopic (exact) mass is 596 g/mol. The largest absolute Gasteiger partial charge is 0.309 e. The van der Waals surface area contributed by atoms with Gasteiger partial charge in [0.15, 0.2) is 14.3 Å². The zero-order chi connectivity index (χ0) is 29.9. The average Bonchev–Trinajstić information content (AvgIpc) is 3.09. The van der Waals surface area contributed by atoms with Gasteiger partial charge in [-0.3, -0.25) is 0 Å². The molecular formula is C39H34O2P2. The average molecular weight is 597 g/mol. The lowest BCUT2D eigenvalue weighted by molar-refractivity contribution is 0.591. The molecule has 0 heterocycles. The van der Waals surface area contributed by atoms with Crippen molar-refractivity contribution in [2.45, 2.75) is 19.3 Å². The molecule has 6 aromatic carbocycles. The van der Waals surface area contributed by atoms with Gasteiger partial charge in [0, 0.05) is 37.2 Å². The SMILES string of the molecule is CC(C)(c1ccc(P(=O)(c2ccccc2)c2ccccc2)cc1)c1ccc(P(=O)(c2ccccc2)c2ccccc2)cc1. The summed E-state index contributed by atoms with van der Waals surface area (Å²) in [6.45, 7) is 4.39. The Bertz CT molecular complexity index is 1670. The third-order valence-electron chi connectivity index (χ3n) is 8.38. The van der Waals surface area contributed by atoms with Gasteiger partial charge in [0.1, 0.15) is 0 Å². The maximum Gasteiger partial charge on any atom is 0.171 e. The minimum Gasteiger partial charge on any atom is -0.309 e. The van der Waals surface area contributed by atoms with Crippen LogP contribution in [-0.2, 0) is 14.5 Å². The molecule has 0 saturated carbocycles. The van der Waals surface area contributed by atoms with Crippen LogP contribution in [0, 0.1) is 0 Å². The van der Waals surface area contributed by atoms with Crippen molar-refractivity contribution in [1.82, 2.24) is 0 Å². The smallest absolute Gasteiger partial charge is 0.171 e. The fraction of sp³-hybridized carbons (Fsp3) is 0.0769. The van der Waals surface area contributed by atoms with E-state index in [4.69, 9.17) is 0 Å². The lowest BCUT2D eigenvalue weighted by atomic mass is 9.78. The van der Waals surface area contributed by atoms with E-state index in [0.717, 1.165) is 43.0 Å². The van der Waals surface area contributed by atoms with Gasteiger partial charge in [-0.05, 0) is 11.1 Å². The van der Waals surface area contributed by atoms with Crippen molar-refractivity contribution in [3.63, 3.8) is 0 Å². The van der Waals surface area contributed by atoms with Crippen molar-refractivity contribution in [3.05, 3.63) is 181 Å². The van der Waals surface area contributed by atoms with Crippen LogP contribution in [0.3, 0.4) is 0 Å². The van der Waals surface area contributed by atoms with Crippen LogP contribution < -0.4 is 31.8 Å². The predicted octanol–water partition coefficient (Wildman–Crippen LogP) is 7.29. The summed E-state index contributed by atoms with van der Waals surface area (Å²) >= 11 is 0. The van der Waals surface area contributed by atoms with E-state index in [2.05, 4.69) is 38.1 Å². The molecule has 0 spiro atoms. The topological polar surface area (TPSA) is 34.1 Å². The molecule has 4 heteroatoms. The normalized spacial score (nSPS) is 12.1. The zero-order valence-electron chi connectivity index (χ0n) is 24.4. The highest BCUT2D eigenvalue weighted by Crippen LogP contribution is 2.44. The van der Waals surface area contributed by atoms with E-state index in [1.165, 1.54) is 0 Å². The second kappa shape index (κ2) is 11.8. The molecule has 0 amide bonds. The van der Waals surface area contributed by atoms with E-state index in [9.17, 15) is 9.13 Å². The second-order valence-corrected chi connectivity index (χ2v) is 16.8. The highest BCUT2D eigenvalue weighted by atomic mass is 31.2. The zero-order valence-corrected chi connectivity index (χ0v) is 26.2. The summed E-state index contributed by atoms with van der Waals surface area (Å²) in [7, 11) is -6.07. The Morgan fingerprint density at radius 2 is 0.535 bits per heavy atom. The van der Waals surface area contributed by atoms with E-state index < -0.39 is 14.3 Å². The summed E-state index contributed by atoms with van der Waals surface area (Å²) in [5, 5.41) is 4.92. The molecule has 0 radical (unpaired) electrons. The van der Waals surface area contributed by atoms with Gasteiger partial charge in [-0.1, -0.05) is 184 Å². The van der Waals surface area contributed by atoms with Crippen molar-refractivity contribution in [1.29, 1.82) is 0 Å². The van der Waals surface area contributed by atoms with Crippen LogP contribution in [0.4, 0.5) is 0 Å². The van der Waals surface area contributed by atoms with E-state index >= 15 is 0 Å². The molecule has 0 unspecified atom stereocenters. The molecule has 212 valence electrons. The van der Waals surface area contributed by atoms with Gasteiger partial charge in [0.05, 0.1) is 0 Å². The molecule has 0 aliphatic carbocycles. The van der Waals surface area contributed by atoms with Crippen LogP contribution in [0.15, 0.2) is 170 Å². The lowest BCUT2D eigenvalue weighted by Gasteiger charge is -2.28. The maximum atomic E-state index is 14.8.